The Morgan fingerprint density at radius 2 is 1.43 bits per heavy atom. The molecule has 6 rings (SSSR count). The minimum absolute atomic E-state index is 0.170. The maximum Gasteiger partial charge on any atom is 0.241 e. The van der Waals surface area contributed by atoms with Gasteiger partial charge in [-0.1, -0.05) is 77.3 Å². The predicted molar refractivity (Wildman–Crippen MR) is 129 cm³/mol. The van der Waals surface area contributed by atoms with Crippen molar-refractivity contribution >= 4 is 52.3 Å². The zero-order chi connectivity index (χ0) is 24.6. The SMILES string of the molecule is Cc1ccc([C@H]2OC3(C(=O)c4ccccc4C3=O)[C@@H]3C(=O)N(c4ccc(Cl)c(Cl)c4)C(=O)[C@H]23)cc1. The van der Waals surface area contributed by atoms with E-state index in [2.05, 4.69) is 0 Å². The molecule has 2 fully saturated rings. The van der Waals surface area contributed by atoms with Crippen LogP contribution in [0.25, 0.3) is 0 Å². The van der Waals surface area contributed by atoms with E-state index in [0.29, 0.717) is 5.56 Å². The van der Waals surface area contributed by atoms with Gasteiger partial charge in [0.25, 0.3) is 0 Å². The molecule has 0 saturated carbocycles. The van der Waals surface area contributed by atoms with Crippen LogP contribution in [-0.2, 0) is 14.3 Å². The summed E-state index contributed by atoms with van der Waals surface area (Å²) in [5, 5.41) is 0.437. The number of nitrogens with zero attached hydrogens (tertiary/aromatic N) is 1. The van der Waals surface area contributed by atoms with E-state index in [1.54, 1.807) is 36.4 Å². The molecule has 3 aromatic rings. The van der Waals surface area contributed by atoms with E-state index in [1.807, 2.05) is 19.1 Å². The van der Waals surface area contributed by atoms with Crippen LogP contribution in [0.3, 0.4) is 0 Å². The maximum absolute atomic E-state index is 13.9. The quantitative estimate of drug-likeness (QED) is 0.361. The standard InChI is InChI=1S/C27H17Cl2NO5/c1-13-6-8-14(9-7-13)22-20-21(26(34)30(25(20)33)15-10-11-18(28)19(29)12-15)27(35-22)23(31)16-4-2-3-5-17(16)24(27)32/h2-12,20-22H,1H3/t20-,21-,22+/m0/s1. The molecular formula is C27H17Cl2NO5. The molecule has 174 valence electrons. The lowest BCUT2D eigenvalue weighted by atomic mass is 9.77. The van der Waals surface area contributed by atoms with Gasteiger partial charge in [0.05, 0.1) is 33.7 Å². The minimum atomic E-state index is -2.11. The van der Waals surface area contributed by atoms with Gasteiger partial charge in [-0.25, -0.2) is 4.90 Å². The normalized spacial score (nSPS) is 24.4. The molecule has 2 heterocycles. The second kappa shape index (κ2) is 7.59. The second-order valence-corrected chi connectivity index (χ2v) is 9.82. The number of benzene rings is 3. The Morgan fingerprint density at radius 3 is 2.03 bits per heavy atom. The Hall–Kier alpha value is -3.32. The maximum atomic E-state index is 13.9. The lowest BCUT2D eigenvalue weighted by Crippen LogP contribution is -2.51. The Balaban J connectivity index is 1.54. The number of Topliss-reactive ketones (excluding diaryl/α,β-unsaturated/α-hetero) is 2. The van der Waals surface area contributed by atoms with Crippen LogP contribution in [0.2, 0.25) is 10.0 Å². The Labute approximate surface area is 210 Å². The monoisotopic (exact) mass is 505 g/mol. The first-order valence-corrected chi connectivity index (χ1v) is 11.8. The Kier molecular flexibility index (Phi) is 4.81. The summed E-state index contributed by atoms with van der Waals surface area (Å²) < 4.78 is 6.26. The molecule has 1 aliphatic carbocycles. The van der Waals surface area contributed by atoms with Gasteiger partial charge in [-0.15, -0.1) is 0 Å². The molecule has 3 atom stereocenters. The van der Waals surface area contributed by atoms with Crippen molar-refractivity contribution in [2.75, 3.05) is 4.90 Å². The van der Waals surface area contributed by atoms with Gasteiger partial charge in [0.2, 0.25) is 29.0 Å². The van der Waals surface area contributed by atoms with Crippen LogP contribution in [0.4, 0.5) is 5.69 Å². The minimum Gasteiger partial charge on any atom is -0.349 e. The number of ketones is 2. The number of hydrogen-bond donors (Lipinski definition) is 0. The fraction of sp³-hybridized carbons (Fsp3) is 0.185. The molecule has 0 bridgehead atoms. The first-order chi connectivity index (χ1) is 16.8. The third kappa shape index (κ3) is 2.88. The molecular weight excluding hydrogens is 489 g/mol. The van der Waals surface area contributed by atoms with Crippen LogP contribution in [0.5, 0.6) is 0 Å². The summed E-state index contributed by atoms with van der Waals surface area (Å²) in [6.07, 6.45) is -0.966. The van der Waals surface area contributed by atoms with E-state index in [4.69, 9.17) is 27.9 Å². The van der Waals surface area contributed by atoms with E-state index >= 15 is 0 Å². The van der Waals surface area contributed by atoms with Gasteiger partial charge in [-0.3, -0.25) is 19.2 Å². The number of carbonyl (C=O) groups is 4. The lowest BCUT2D eigenvalue weighted by Gasteiger charge is -2.27. The molecule has 3 aromatic carbocycles. The van der Waals surface area contributed by atoms with Crippen LogP contribution in [0.15, 0.2) is 66.7 Å². The predicted octanol–water partition coefficient (Wildman–Crippen LogP) is 5.00. The van der Waals surface area contributed by atoms with E-state index in [0.717, 1.165) is 10.5 Å². The summed E-state index contributed by atoms with van der Waals surface area (Å²) in [7, 11) is 0. The van der Waals surface area contributed by atoms with Crippen LogP contribution < -0.4 is 4.90 Å². The number of anilines is 1. The van der Waals surface area contributed by atoms with Gasteiger partial charge in [-0.2, -0.15) is 0 Å². The molecule has 0 unspecified atom stereocenters. The highest BCUT2D eigenvalue weighted by Crippen LogP contribution is 2.57. The smallest absolute Gasteiger partial charge is 0.241 e. The average Bonchev–Trinajstić information content (AvgIpc) is 3.41. The number of aryl methyl sites for hydroxylation is 1. The summed E-state index contributed by atoms with van der Waals surface area (Å²) in [6, 6.07) is 18.1. The molecule has 0 aromatic heterocycles. The molecule has 0 radical (unpaired) electrons. The molecule has 2 saturated heterocycles. The topological polar surface area (TPSA) is 80.8 Å². The average molecular weight is 506 g/mol. The highest BCUT2D eigenvalue weighted by atomic mass is 35.5. The number of fused-ring (bicyclic) bond motifs is 3. The molecule has 0 N–H and O–H groups in total. The van der Waals surface area contributed by atoms with E-state index < -0.39 is 46.9 Å². The van der Waals surface area contributed by atoms with E-state index in [1.165, 1.54) is 18.2 Å². The van der Waals surface area contributed by atoms with Gasteiger partial charge in [0.15, 0.2) is 0 Å². The van der Waals surface area contributed by atoms with E-state index in [9.17, 15) is 19.2 Å². The van der Waals surface area contributed by atoms with Crippen LogP contribution >= 0.6 is 23.2 Å². The molecule has 6 nitrogen and oxygen atoms in total. The highest BCUT2D eigenvalue weighted by Gasteiger charge is 2.74. The fourth-order valence-corrected chi connectivity index (χ4v) is 5.75. The van der Waals surface area contributed by atoms with Crippen molar-refractivity contribution in [2.24, 2.45) is 11.8 Å². The number of ether oxygens (including phenoxy) is 1. The molecule has 8 heteroatoms. The highest BCUT2D eigenvalue weighted by molar-refractivity contribution is 6.42. The zero-order valence-electron chi connectivity index (χ0n) is 18.3. The summed E-state index contributed by atoms with van der Waals surface area (Å²) in [5.41, 5.74) is 0.0858. The van der Waals surface area contributed by atoms with Gasteiger partial charge in [0, 0.05) is 11.1 Å². The zero-order valence-corrected chi connectivity index (χ0v) is 19.8. The summed E-state index contributed by atoms with van der Waals surface area (Å²) >= 11 is 12.2. The molecule has 2 aliphatic heterocycles. The molecule has 35 heavy (non-hydrogen) atoms. The number of amides is 2. The van der Waals surface area contributed by atoms with Gasteiger partial charge < -0.3 is 4.74 Å². The third-order valence-electron chi connectivity index (χ3n) is 7.09. The largest absolute Gasteiger partial charge is 0.349 e. The van der Waals surface area contributed by atoms with Gasteiger partial charge in [0.1, 0.15) is 0 Å². The number of halogens is 2. The number of hydrogen-bond acceptors (Lipinski definition) is 5. The van der Waals surface area contributed by atoms with Crippen molar-refractivity contribution in [3.05, 3.63) is 99.0 Å². The summed E-state index contributed by atoms with van der Waals surface area (Å²) in [5.74, 6) is -4.82. The van der Waals surface area contributed by atoms with Crippen molar-refractivity contribution in [1.82, 2.24) is 0 Å². The molecule has 3 aliphatic rings. The van der Waals surface area contributed by atoms with Crippen molar-refractivity contribution in [1.29, 1.82) is 0 Å². The van der Waals surface area contributed by atoms with Crippen molar-refractivity contribution in [2.45, 2.75) is 18.6 Å². The van der Waals surface area contributed by atoms with E-state index in [-0.39, 0.29) is 26.9 Å². The van der Waals surface area contributed by atoms with Crippen molar-refractivity contribution < 1.29 is 23.9 Å². The number of rotatable bonds is 2. The second-order valence-electron chi connectivity index (χ2n) is 9.00. The van der Waals surface area contributed by atoms with Gasteiger partial charge >= 0.3 is 0 Å². The third-order valence-corrected chi connectivity index (χ3v) is 7.83. The van der Waals surface area contributed by atoms with Crippen LogP contribution in [0.1, 0.15) is 37.9 Å². The van der Waals surface area contributed by atoms with Crippen LogP contribution in [0, 0.1) is 18.8 Å². The fourth-order valence-electron chi connectivity index (χ4n) is 5.45. The van der Waals surface area contributed by atoms with Crippen molar-refractivity contribution in [3.8, 4) is 0 Å². The summed E-state index contributed by atoms with van der Waals surface area (Å²) in [4.78, 5) is 56.1. The molecule has 1 spiro atoms. The summed E-state index contributed by atoms with van der Waals surface area (Å²) in [6.45, 7) is 1.92. The van der Waals surface area contributed by atoms with Gasteiger partial charge in [-0.05, 0) is 30.7 Å². The first-order valence-electron chi connectivity index (χ1n) is 11.0. The molecule has 2 amide bonds. The van der Waals surface area contributed by atoms with Crippen LogP contribution in [-0.4, -0.2) is 29.0 Å². The first kappa shape index (κ1) is 22.2. The van der Waals surface area contributed by atoms with Crippen molar-refractivity contribution in [3.63, 3.8) is 0 Å². The lowest BCUT2D eigenvalue weighted by molar-refractivity contribution is -0.127. The Bertz CT molecular complexity index is 1430. The Morgan fingerprint density at radius 1 is 0.800 bits per heavy atom. The number of imide groups is 1. The number of carbonyl (C=O) groups excluding carboxylic acids is 4.